The first-order valence-electron chi connectivity index (χ1n) is 4.77. The molecule has 0 nitrogen and oxygen atoms in total. The van der Waals surface area contributed by atoms with Gasteiger partial charge in [-0.05, 0) is 0 Å². The van der Waals surface area contributed by atoms with Crippen molar-refractivity contribution in [1.29, 1.82) is 0 Å². The molecule has 2 heteroatoms. The third kappa shape index (κ3) is 3.49. The van der Waals surface area contributed by atoms with Gasteiger partial charge in [0.15, 0.2) is 0 Å². The molecule has 0 spiro atoms. The van der Waals surface area contributed by atoms with E-state index in [1.54, 1.807) is 0 Å². The van der Waals surface area contributed by atoms with Crippen LogP contribution in [0, 0.1) is 0 Å². The van der Waals surface area contributed by atoms with E-state index in [0.29, 0.717) is 15.0 Å². The Morgan fingerprint density at radius 3 is 2.20 bits per heavy atom. The Balaban J connectivity index is 1.96. The summed E-state index contributed by atoms with van der Waals surface area (Å²) >= 11 is 4.00. The summed E-state index contributed by atoms with van der Waals surface area (Å²) in [6.07, 6.45) is 0. The second kappa shape index (κ2) is 5.50. The molecule has 0 bridgehead atoms. The van der Waals surface area contributed by atoms with Crippen molar-refractivity contribution in [3.05, 3.63) is 64.6 Å². The fourth-order valence-corrected chi connectivity index (χ4v) is 3.36. The molecule has 0 atom stereocenters. The Labute approximate surface area is 105 Å². The molecule has 0 heterocycles. The van der Waals surface area contributed by atoms with Crippen LogP contribution in [0.5, 0.6) is 0 Å². The van der Waals surface area contributed by atoms with Gasteiger partial charge in [-0.2, -0.15) is 0 Å². The molecule has 0 saturated heterocycles. The van der Waals surface area contributed by atoms with Crippen molar-refractivity contribution < 1.29 is 0 Å². The second-order valence-corrected chi connectivity index (χ2v) is 6.34. The van der Waals surface area contributed by atoms with E-state index in [9.17, 15) is 0 Å². The Kier molecular flexibility index (Phi) is 4.01. The van der Waals surface area contributed by atoms with Crippen LogP contribution in [0.2, 0.25) is 0 Å². The van der Waals surface area contributed by atoms with Crippen LogP contribution >= 0.6 is 15.9 Å². The minimum absolute atomic E-state index is 0.551. The van der Waals surface area contributed by atoms with Crippen LogP contribution in [0.4, 0.5) is 0 Å². The summed E-state index contributed by atoms with van der Waals surface area (Å²) in [5.41, 5.74) is 1.42. The number of hydrogen-bond donors (Lipinski definition) is 0. The monoisotopic (exact) mass is 326 g/mol. The van der Waals surface area contributed by atoms with Gasteiger partial charge in [0.25, 0.3) is 0 Å². The number of hydrogen-bond acceptors (Lipinski definition) is 0. The van der Waals surface area contributed by atoms with Crippen LogP contribution in [0.3, 0.4) is 0 Å². The average molecular weight is 326 g/mol. The van der Waals surface area contributed by atoms with Crippen LogP contribution in [0.1, 0.15) is 5.56 Å². The Bertz CT molecular complexity index is 408. The minimum atomic E-state index is 0.551. The summed E-state index contributed by atoms with van der Waals surface area (Å²) in [5.74, 6) is 0. The van der Waals surface area contributed by atoms with E-state index >= 15 is 0 Å². The molecule has 2 aromatic carbocycles. The number of benzene rings is 2. The molecule has 0 aliphatic rings. The first kappa shape index (κ1) is 10.9. The first-order chi connectivity index (χ1) is 7.34. The fraction of sp³-hybridized carbons (Fsp3) is 0.0769. The van der Waals surface area contributed by atoms with Crippen LogP contribution in [-0.2, 0) is 5.32 Å². The molecule has 0 fully saturated rings. The molecule has 2 aromatic rings. The Morgan fingerprint density at radius 2 is 1.53 bits per heavy atom. The molecule has 0 aromatic heterocycles. The van der Waals surface area contributed by atoms with Gasteiger partial charge in [0.1, 0.15) is 0 Å². The summed E-state index contributed by atoms with van der Waals surface area (Å²) < 4.78 is 2.62. The second-order valence-electron chi connectivity index (χ2n) is 3.23. The van der Waals surface area contributed by atoms with Crippen LogP contribution in [0.25, 0.3) is 0 Å². The normalized spacial score (nSPS) is 10.2. The van der Waals surface area contributed by atoms with Crippen molar-refractivity contribution in [3.63, 3.8) is 0 Å². The van der Waals surface area contributed by atoms with E-state index in [1.807, 2.05) is 0 Å². The maximum absolute atomic E-state index is 3.45. The van der Waals surface area contributed by atoms with E-state index in [4.69, 9.17) is 0 Å². The third-order valence-corrected chi connectivity index (χ3v) is 4.86. The van der Waals surface area contributed by atoms with Crippen molar-refractivity contribution >= 4 is 35.3 Å². The van der Waals surface area contributed by atoms with Gasteiger partial charge >= 0.3 is 105 Å². The third-order valence-electron chi connectivity index (χ3n) is 2.06. The van der Waals surface area contributed by atoms with Crippen molar-refractivity contribution in [1.82, 2.24) is 0 Å². The zero-order chi connectivity index (χ0) is 10.5. The summed E-state index contributed by atoms with van der Waals surface area (Å²) in [5, 5.41) is 1.17. The van der Waals surface area contributed by atoms with Gasteiger partial charge in [-0.3, -0.25) is 0 Å². The van der Waals surface area contributed by atoms with Gasteiger partial charge in [0.2, 0.25) is 0 Å². The SMILES string of the molecule is Brc1ccc(C[Se]c2ccccc2)cc1. The first-order valence-corrected chi connectivity index (χ1v) is 7.63. The van der Waals surface area contributed by atoms with Crippen LogP contribution in [0.15, 0.2) is 59.1 Å². The molecular formula is C13H11BrSe. The molecule has 0 saturated carbocycles. The standard InChI is InChI=1S/C13H11BrSe/c14-12-8-6-11(7-9-12)10-15-13-4-2-1-3-5-13/h1-9H,10H2. The van der Waals surface area contributed by atoms with Crippen molar-refractivity contribution in [2.24, 2.45) is 0 Å². The average Bonchev–Trinajstić information content (AvgIpc) is 2.30. The van der Waals surface area contributed by atoms with E-state index in [0.717, 1.165) is 4.47 Å². The molecule has 0 radical (unpaired) electrons. The zero-order valence-electron chi connectivity index (χ0n) is 8.19. The molecule has 0 N–H and O–H groups in total. The van der Waals surface area contributed by atoms with Crippen molar-refractivity contribution in [3.8, 4) is 0 Å². The molecule has 0 amide bonds. The van der Waals surface area contributed by atoms with E-state index in [-0.39, 0.29) is 0 Å². The predicted octanol–water partition coefficient (Wildman–Crippen LogP) is 2.98. The predicted molar refractivity (Wildman–Crippen MR) is 69.7 cm³/mol. The topological polar surface area (TPSA) is 0 Å². The molecule has 15 heavy (non-hydrogen) atoms. The quantitative estimate of drug-likeness (QED) is 0.761. The van der Waals surface area contributed by atoms with Crippen molar-refractivity contribution in [2.75, 3.05) is 0 Å². The van der Waals surface area contributed by atoms with Gasteiger partial charge in [0, 0.05) is 0 Å². The molecule has 0 aliphatic heterocycles. The van der Waals surface area contributed by atoms with E-state index in [1.165, 1.54) is 15.3 Å². The summed E-state index contributed by atoms with van der Waals surface area (Å²) in [4.78, 5) is 0. The van der Waals surface area contributed by atoms with Crippen LogP contribution in [-0.4, -0.2) is 15.0 Å². The van der Waals surface area contributed by atoms with Gasteiger partial charge in [-0.25, -0.2) is 0 Å². The summed E-state index contributed by atoms with van der Waals surface area (Å²) in [6, 6.07) is 19.3. The molecular weight excluding hydrogens is 315 g/mol. The van der Waals surface area contributed by atoms with Crippen molar-refractivity contribution in [2.45, 2.75) is 5.32 Å². The molecule has 0 aliphatic carbocycles. The maximum atomic E-state index is 3.45. The fourth-order valence-electron chi connectivity index (χ4n) is 1.26. The number of rotatable bonds is 3. The Morgan fingerprint density at radius 1 is 0.867 bits per heavy atom. The van der Waals surface area contributed by atoms with Gasteiger partial charge in [0.05, 0.1) is 0 Å². The van der Waals surface area contributed by atoms with E-state index < -0.39 is 0 Å². The summed E-state index contributed by atoms with van der Waals surface area (Å²) in [6.45, 7) is 0. The summed E-state index contributed by atoms with van der Waals surface area (Å²) in [7, 11) is 0. The molecule has 2 rings (SSSR count). The van der Waals surface area contributed by atoms with Gasteiger partial charge < -0.3 is 0 Å². The van der Waals surface area contributed by atoms with Gasteiger partial charge in [-0.15, -0.1) is 0 Å². The number of halogens is 1. The molecule has 76 valence electrons. The van der Waals surface area contributed by atoms with E-state index in [2.05, 4.69) is 70.5 Å². The Hall–Kier alpha value is -0.561. The molecule has 0 unspecified atom stereocenters. The zero-order valence-corrected chi connectivity index (χ0v) is 11.5. The van der Waals surface area contributed by atoms with Gasteiger partial charge in [-0.1, -0.05) is 0 Å². The van der Waals surface area contributed by atoms with Crippen LogP contribution < -0.4 is 4.46 Å².